The third-order valence-corrected chi connectivity index (χ3v) is 19.9. The molecule has 450 valence electrons. The predicted molar refractivity (Wildman–Crippen MR) is 266 cm³/mol. The Bertz CT molecular complexity index is 1990. The first kappa shape index (κ1) is 61.3. The Morgan fingerprint density at radius 2 is 1.21 bits per heavy atom. The van der Waals surface area contributed by atoms with Crippen molar-refractivity contribution in [1.29, 1.82) is 0 Å². The Morgan fingerprint density at radius 3 is 1.87 bits per heavy atom. The van der Waals surface area contributed by atoms with Gasteiger partial charge in [-0.25, -0.2) is 0 Å². The third kappa shape index (κ3) is 11.4. The van der Waals surface area contributed by atoms with E-state index in [1.807, 2.05) is 13.8 Å². The molecule has 78 heavy (non-hydrogen) atoms. The van der Waals surface area contributed by atoms with Gasteiger partial charge in [0.05, 0.1) is 55.9 Å². The highest BCUT2D eigenvalue weighted by molar-refractivity contribution is 5.26. The van der Waals surface area contributed by atoms with Crippen LogP contribution in [0.25, 0.3) is 0 Å². The van der Waals surface area contributed by atoms with Crippen molar-refractivity contribution in [3.8, 4) is 0 Å². The predicted octanol–water partition coefficient (Wildman–Crippen LogP) is -1.53. The smallest absolute Gasteiger partial charge is 0.187 e. The van der Waals surface area contributed by atoms with Crippen LogP contribution in [0.5, 0.6) is 0 Å². The Morgan fingerprint density at radius 1 is 0.590 bits per heavy atom. The van der Waals surface area contributed by atoms with E-state index < -0.39 is 173 Å². The van der Waals surface area contributed by atoms with Gasteiger partial charge in [0.1, 0.15) is 91.6 Å². The second-order valence-corrected chi connectivity index (χ2v) is 24.3. The number of methoxy groups -OCH3 is 3. The van der Waals surface area contributed by atoms with Crippen LogP contribution in [-0.4, -0.2) is 256 Å². The summed E-state index contributed by atoms with van der Waals surface area (Å²) >= 11 is 0. The second kappa shape index (κ2) is 24.8. The molecule has 4 aliphatic carbocycles. The Kier molecular flexibility index (Phi) is 19.5. The van der Waals surface area contributed by atoms with Crippen LogP contribution < -0.4 is 0 Å². The number of aliphatic hydroxyl groups excluding tert-OH is 11. The van der Waals surface area contributed by atoms with Gasteiger partial charge in [-0.1, -0.05) is 25.5 Å². The van der Waals surface area contributed by atoms with Gasteiger partial charge >= 0.3 is 0 Å². The minimum Gasteiger partial charge on any atom is -0.394 e. The molecule has 3 saturated carbocycles. The van der Waals surface area contributed by atoms with Crippen LogP contribution in [-0.2, 0) is 61.6 Å². The zero-order chi connectivity index (χ0) is 56.4. The number of ether oxygens (including phenoxy) is 13. The molecule has 11 N–H and O–H groups in total. The van der Waals surface area contributed by atoms with Crippen molar-refractivity contribution in [3.05, 3.63) is 11.6 Å². The first-order valence-corrected chi connectivity index (χ1v) is 28.2. The number of hydrogen-bond acceptors (Lipinski definition) is 24. The highest BCUT2D eigenvalue weighted by Gasteiger charge is 2.63. The fourth-order valence-corrected chi connectivity index (χ4v) is 15.4. The molecule has 0 aromatic carbocycles. The summed E-state index contributed by atoms with van der Waals surface area (Å²) in [5.41, 5.74) is 0.988. The van der Waals surface area contributed by atoms with Crippen molar-refractivity contribution in [2.24, 2.45) is 34.5 Å². The molecule has 24 heteroatoms. The van der Waals surface area contributed by atoms with E-state index in [9.17, 15) is 56.2 Å². The van der Waals surface area contributed by atoms with Crippen LogP contribution in [0.1, 0.15) is 92.9 Å². The molecule has 9 aliphatic rings. The molecule has 9 rings (SSSR count). The van der Waals surface area contributed by atoms with Gasteiger partial charge in [0.15, 0.2) is 31.5 Å². The SMILES string of the molecule is COC1CC(OC2CCC3(C)C(=CCC4C3CCC3(C)C4CC(O)C3C(C)OC3OC(C)C(O)C(OC)C3OC3OC(COC4OC(CO)C(O)C(O)C4O)C(O)C(O)C3O)C2)OC(C)C1OC1OC(C)C(O)C(OC)C1O. The molecule has 5 saturated heterocycles. The van der Waals surface area contributed by atoms with Crippen molar-refractivity contribution < 1.29 is 118 Å². The van der Waals surface area contributed by atoms with E-state index in [0.29, 0.717) is 24.7 Å². The average Bonchev–Trinajstić information content (AvgIpc) is 3.84. The van der Waals surface area contributed by atoms with Crippen LogP contribution in [0.4, 0.5) is 0 Å². The normalized spacial score (nSPS) is 54.1. The van der Waals surface area contributed by atoms with Crippen molar-refractivity contribution in [2.75, 3.05) is 34.5 Å². The molecule has 5 heterocycles. The fourth-order valence-electron chi connectivity index (χ4n) is 15.4. The number of aliphatic hydroxyl groups is 11. The van der Waals surface area contributed by atoms with Crippen LogP contribution in [0.15, 0.2) is 11.6 Å². The van der Waals surface area contributed by atoms with Gasteiger partial charge in [-0.2, -0.15) is 0 Å². The summed E-state index contributed by atoms with van der Waals surface area (Å²) in [6, 6.07) is 0. The zero-order valence-electron chi connectivity index (χ0n) is 46.3. The lowest BCUT2D eigenvalue weighted by Gasteiger charge is -2.58. The van der Waals surface area contributed by atoms with E-state index in [0.717, 1.165) is 38.5 Å². The van der Waals surface area contributed by atoms with E-state index in [-0.39, 0.29) is 28.8 Å². The Balaban J connectivity index is 0.832. The van der Waals surface area contributed by atoms with Crippen LogP contribution in [0, 0.1) is 34.5 Å². The average molecular weight is 1120 g/mol. The van der Waals surface area contributed by atoms with E-state index >= 15 is 0 Å². The lowest BCUT2D eigenvalue weighted by molar-refractivity contribution is -0.376. The summed E-state index contributed by atoms with van der Waals surface area (Å²) < 4.78 is 78.8. The van der Waals surface area contributed by atoms with Crippen LogP contribution in [0.2, 0.25) is 0 Å². The van der Waals surface area contributed by atoms with Crippen molar-refractivity contribution in [1.82, 2.24) is 0 Å². The van der Waals surface area contributed by atoms with Crippen LogP contribution in [0.3, 0.4) is 0 Å². The minimum absolute atomic E-state index is 0.0668. The monoisotopic (exact) mass is 1120 g/mol. The maximum Gasteiger partial charge on any atom is 0.187 e. The van der Waals surface area contributed by atoms with E-state index in [2.05, 4.69) is 19.9 Å². The maximum atomic E-state index is 12.1. The molecule has 0 spiro atoms. The third-order valence-electron chi connectivity index (χ3n) is 19.9. The number of hydrogen-bond donors (Lipinski definition) is 11. The standard InChI is InChI=1S/C54H90O24/c1-21(71-52-48(47(68-9)37(58)23(3)73-52)78-50-43(64)41(62)39(60)33(76-50)20-69-49-42(63)40(61)38(59)32(19-55)75-49)35-30(56)17-29-27-11-10-25-16-26(12-14-53(25,5)28(27)13-15-54(29,35)6)74-34-18-31(66-7)45(24(4)70-34)77-51-44(65)46(67-8)36(57)22(2)72-51/h10,21-24,26-52,55-65H,11-20H2,1-9H3. The molecule has 0 bridgehead atoms. The summed E-state index contributed by atoms with van der Waals surface area (Å²) in [6.07, 6.45) is -21.9. The molecule has 33 atom stereocenters. The molecule has 0 aromatic heterocycles. The van der Waals surface area contributed by atoms with Gasteiger partial charge in [0.25, 0.3) is 0 Å². The summed E-state index contributed by atoms with van der Waals surface area (Å²) in [5, 5.41) is 119. The summed E-state index contributed by atoms with van der Waals surface area (Å²) in [5.74, 6) is 0.519. The summed E-state index contributed by atoms with van der Waals surface area (Å²) in [4.78, 5) is 0. The highest BCUT2D eigenvalue weighted by atomic mass is 16.8. The van der Waals surface area contributed by atoms with Crippen LogP contribution >= 0.6 is 0 Å². The first-order chi connectivity index (χ1) is 37.0. The molecular weight excluding hydrogens is 1030 g/mol. The second-order valence-electron chi connectivity index (χ2n) is 24.3. The molecule has 5 aliphatic heterocycles. The van der Waals surface area contributed by atoms with E-state index in [1.165, 1.54) is 19.8 Å². The lowest BCUT2D eigenvalue weighted by Crippen LogP contribution is -2.65. The lowest BCUT2D eigenvalue weighted by atomic mass is 9.47. The maximum absolute atomic E-state index is 12.1. The van der Waals surface area contributed by atoms with Crippen molar-refractivity contribution in [2.45, 2.75) is 259 Å². The van der Waals surface area contributed by atoms with Gasteiger partial charge < -0.3 is 118 Å². The molecular formula is C54H90O24. The first-order valence-electron chi connectivity index (χ1n) is 28.2. The molecule has 24 nitrogen and oxygen atoms in total. The number of fused-ring (bicyclic) bond motifs is 5. The summed E-state index contributed by atoms with van der Waals surface area (Å²) in [6.45, 7) is 10.5. The fraction of sp³-hybridized carbons (Fsp3) is 0.963. The number of allylic oxidation sites excluding steroid dienone is 1. The topological polar surface area (TPSA) is 343 Å². The summed E-state index contributed by atoms with van der Waals surface area (Å²) in [7, 11) is 4.41. The van der Waals surface area contributed by atoms with Gasteiger partial charge in [-0.3, -0.25) is 0 Å². The largest absolute Gasteiger partial charge is 0.394 e. The van der Waals surface area contributed by atoms with Crippen molar-refractivity contribution >= 4 is 0 Å². The Labute approximate surface area is 456 Å². The van der Waals surface area contributed by atoms with Gasteiger partial charge in [-0.15, -0.1) is 0 Å². The van der Waals surface area contributed by atoms with Gasteiger partial charge in [-0.05, 0) is 101 Å². The van der Waals surface area contributed by atoms with E-state index in [4.69, 9.17) is 61.6 Å². The van der Waals surface area contributed by atoms with Crippen molar-refractivity contribution in [3.63, 3.8) is 0 Å². The Hall–Kier alpha value is -1.22. The minimum atomic E-state index is -1.84. The molecule has 0 radical (unpaired) electrons. The molecule has 33 unspecified atom stereocenters. The molecule has 8 fully saturated rings. The van der Waals surface area contributed by atoms with E-state index in [1.54, 1.807) is 21.0 Å². The van der Waals surface area contributed by atoms with Gasteiger partial charge in [0.2, 0.25) is 0 Å². The quantitative estimate of drug-likeness (QED) is 0.0782. The molecule has 0 aromatic rings. The molecule has 0 amide bonds. The van der Waals surface area contributed by atoms with Gasteiger partial charge in [0, 0.05) is 33.7 Å². The zero-order valence-corrected chi connectivity index (χ0v) is 46.3. The number of rotatable bonds is 16. The highest BCUT2D eigenvalue weighted by Crippen LogP contribution is 2.67.